The molecule has 0 aliphatic heterocycles. The Labute approximate surface area is 72.6 Å². The minimum absolute atomic E-state index is 0.947. The molecule has 0 aromatic heterocycles. The molecule has 11 heavy (non-hydrogen) atoms. The van der Waals surface area contributed by atoms with Gasteiger partial charge < -0.3 is 15.6 Å². The number of benzene rings is 1. The van der Waals surface area contributed by atoms with Crippen LogP contribution in [0.15, 0.2) is 30.3 Å². The molecule has 1 aromatic rings. The van der Waals surface area contributed by atoms with Crippen LogP contribution in [0.3, 0.4) is 0 Å². The van der Waals surface area contributed by atoms with Crippen LogP contribution in [0.25, 0.3) is 0 Å². The molecule has 1 aromatic carbocycles. The predicted molar refractivity (Wildman–Crippen MR) is 35.7 cm³/mol. The summed E-state index contributed by atoms with van der Waals surface area (Å²) in [4.78, 5) is 8.67. The normalized spacial score (nSPS) is 7.82. The zero-order valence-electron chi connectivity index (χ0n) is 5.60. The molecule has 0 aliphatic carbocycles. The zero-order chi connectivity index (χ0) is 8.69. The average molecular weight is 196 g/mol. The van der Waals surface area contributed by atoms with Gasteiger partial charge >= 0.3 is 50.3 Å². The third-order valence-electron chi connectivity index (χ3n) is 0.713. The number of primary amides is 1. The van der Waals surface area contributed by atoms with Gasteiger partial charge in [0.1, 0.15) is 6.09 Å². The van der Waals surface area contributed by atoms with Crippen LogP contribution in [0.1, 0.15) is 0 Å². The fraction of sp³-hybridized carbons (Fsp3) is 0. The molecule has 0 radical (unpaired) electrons. The van der Waals surface area contributed by atoms with E-state index in [2.05, 4.69) is 21.2 Å². The second kappa shape index (κ2) is 5.74. The molecule has 62 valence electrons. The summed E-state index contributed by atoms with van der Waals surface area (Å²) in [5, 5.41) is 8.67. The summed E-state index contributed by atoms with van der Waals surface area (Å²) in [6.07, 6.45) is -1.58. The van der Waals surface area contributed by atoms with Crippen molar-refractivity contribution in [2.75, 3.05) is 0 Å². The Morgan fingerprint density at radius 1 is 1.36 bits per heavy atom. The first-order valence-electron chi connectivity index (χ1n) is 2.77. The van der Waals surface area contributed by atoms with Crippen molar-refractivity contribution in [1.82, 2.24) is 0 Å². The van der Waals surface area contributed by atoms with Crippen molar-refractivity contribution in [3.63, 3.8) is 0 Å². The standard InChI is InChI=1S/C6H5.CH3NO2.Ni/c1-2-4-6-5-3-1;2-1(3)4;/h1-5H;2H2,(H,3,4);/q;;+1/p-1. The Morgan fingerprint density at radius 2 is 1.73 bits per heavy atom. The summed E-state index contributed by atoms with van der Waals surface area (Å²) in [7, 11) is 0. The zero-order valence-corrected chi connectivity index (χ0v) is 6.58. The molecule has 0 atom stereocenters. The summed E-state index contributed by atoms with van der Waals surface area (Å²) < 4.78 is 0.947. The van der Waals surface area contributed by atoms with Crippen molar-refractivity contribution in [1.29, 1.82) is 0 Å². The fourth-order valence-corrected chi connectivity index (χ4v) is 0.593. The molecule has 0 spiro atoms. The van der Waals surface area contributed by atoms with Gasteiger partial charge in [-0.1, -0.05) is 0 Å². The van der Waals surface area contributed by atoms with E-state index in [1.54, 1.807) is 0 Å². The molecule has 2 N–H and O–H groups in total. The van der Waals surface area contributed by atoms with E-state index in [0.717, 1.165) is 4.53 Å². The van der Waals surface area contributed by atoms with Crippen LogP contribution in [0.2, 0.25) is 0 Å². The summed E-state index contributed by atoms with van der Waals surface area (Å²) in [5.74, 6) is 0. The van der Waals surface area contributed by atoms with Crippen molar-refractivity contribution in [3.8, 4) is 0 Å². The molecule has 0 saturated heterocycles. The molecule has 3 nitrogen and oxygen atoms in total. The summed E-state index contributed by atoms with van der Waals surface area (Å²) >= 11 is 4.54. The van der Waals surface area contributed by atoms with Gasteiger partial charge in [-0.3, -0.25) is 0 Å². The topological polar surface area (TPSA) is 66.2 Å². The second-order valence-electron chi connectivity index (χ2n) is 1.58. The van der Waals surface area contributed by atoms with Gasteiger partial charge in [0.05, 0.1) is 0 Å². The summed E-state index contributed by atoms with van der Waals surface area (Å²) in [6, 6.07) is 9.68. The van der Waals surface area contributed by atoms with Crippen molar-refractivity contribution in [3.05, 3.63) is 30.3 Å². The van der Waals surface area contributed by atoms with Gasteiger partial charge in [-0.2, -0.15) is 0 Å². The number of carbonyl (C=O) groups is 1. The van der Waals surface area contributed by atoms with Crippen LogP contribution >= 0.6 is 0 Å². The molecule has 0 fully saturated rings. The molecule has 1 amide bonds. The predicted octanol–water partition coefficient (Wildman–Crippen LogP) is -0.853. The maximum absolute atomic E-state index is 8.67. The van der Waals surface area contributed by atoms with E-state index in [1.165, 1.54) is 0 Å². The van der Waals surface area contributed by atoms with Gasteiger partial charge in [-0.05, 0) is 0 Å². The summed E-state index contributed by atoms with van der Waals surface area (Å²) in [6.45, 7) is 0. The van der Waals surface area contributed by atoms with Crippen molar-refractivity contribution >= 4 is 10.6 Å². The molecule has 0 aliphatic rings. The van der Waals surface area contributed by atoms with E-state index in [-0.39, 0.29) is 0 Å². The van der Waals surface area contributed by atoms with Crippen molar-refractivity contribution in [2.45, 2.75) is 0 Å². The fourth-order valence-electron chi connectivity index (χ4n) is 0.403. The molecule has 0 unspecified atom stereocenters. The number of nitrogens with two attached hydrogens (primary N) is 1. The third kappa shape index (κ3) is 8.98. The maximum atomic E-state index is 8.67. The van der Waals surface area contributed by atoms with Crippen LogP contribution in [0, 0.1) is 0 Å². The number of hydrogen-bond acceptors (Lipinski definition) is 2. The Bertz CT molecular complexity index is 209. The van der Waals surface area contributed by atoms with Crippen LogP contribution in [0.4, 0.5) is 4.79 Å². The SMILES string of the molecule is NC(=O)[O-].[Ni+][c]1ccccc1. The number of carbonyl (C=O) groups excluding carboxylic acids is 1. The van der Waals surface area contributed by atoms with Gasteiger partial charge in [0.25, 0.3) is 0 Å². The van der Waals surface area contributed by atoms with E-state index in [0.29, 0.717) is 0 Å². The Morgan fingerprint density at radius 3 is 1.91 bits per heavy atom. The molecule has 4 heteroatoms. The van der Waals surface area contributed by atoms with Gasteiger partial charge in [0.2, 0.25) is 0 Å². The van der Waals surface area contributed by atoms with Crippen LogP contribution in [0.5, 0.6) is 0 Å². The Kier molecular flexibility index (Phi) is 5.21. The van der Waals surface area contributed by atoms with E-state index in [1.807, 2.05) is 30.3 Å². The van der Waals surface area contributed by atoms with Crippen LogP contribution < -0.4 is 15.4 Å². The van der Waals surface area contributed by atoms with E-state index < -0.39 is 6.09 Å². The van der Waals surface area contributed by atoms with Gasteiger partial charge in [-0.25, -0.2) is 0 Å². The monoisotopic (exact) mass is 195 g/mol. The van der Waals surface area contributed by atoms with E-state index in [9.17, 15) is 0 Å². The molecule has 0 bridgehead atoms. The van der Waals surface area contributed by atoms with Crippen LogP contribution in [-0.4, -0.2) is 6.09 Å². The van der Waals surface area contributed by atoms with E-state index >= 15 is 0 Å². The second-order valence-corrected chi connectivity index (χ2v) is 2.15. The first-order chi connectivity index (χ1) is 5.13. The molecule has 1 rings (SSSR count). The van der Waals surface area contributed by atoms with E-state index in [4.69, 9.17) is 9.90 Å². The number of amides is 1. The molecular weight excluding hydrogens is 189 g/mol. The third-order valence-corrected chi connectivity index (χ3v) is 1.04. The molecule has 0 saturated carbocycles. The van der Waals surface area contributed by atoms with Crippen molar-refractivity contribution < 1.29 is 25.4 Å². The first-order valence-corrected chi connectivity index (χ1v) is 3.26. The average Bonchev–Trinajstić information content (AvgIpc) is 1.87. The number of hydrogen-bond donors (Lipinski definition) is 1. The van der Waals surface area contributed by atoms with Crippen LogP contribution in [-0.2, 0) is 15.5 Å². The van der Waals surface area contributed by atoms with Gasteiger partial charge in [0, 0.05) is 0 Å². The summed E-state index contributed by atoms with van der Waals surface area (Å²) in [5.41, 5.74) is 3.92. The number of carboxylic acid groups (broad SMARTS) is 1. The molecule has 0 heterocycles. The first kappa shape index (κ1) is 9.98. The minimum atomic E-state index is -1.58. The van der Waals surface area contributed by atoms with Gasteiger partial charge in [0.15, 0.2) is 0 Å². The number of rotatable bonds is 0. The Balaban J connectivity index is 0.000000218. The van der Waals surface area contributed by atoms with Crippen molar-refractivity contribution in [2.24, 2.45) is 5.73 Å². The van der Waals surface area contributed by atoms with Gasteiger partial charge in [-0.15, -0.1) is 0 Å². The quantitative estimate of drug-likeness (QED) is 0.548. The Hall–Kier alpha value is -1.02. The molecular formula is C7H7NNiO2.